The summed E-state index contributed by atoms with van der Waals surface area (Å²) in [5.41, 5.74) is 6.37. The first-order chi connectivity index (χ1) is 17.4. The van der Waals surface area contributed by atoms with Crippen molar-refractivity contribution in [3.05, 3.63) is 70.7 Å². The number of nitrogens with one attached hydrogen (secondary N) is 1. The minimum atomic E-state index is -0.817. The van der Waals surface area contributed by atoms with Gasteiger partial charge in [0.15, 0.2) is 5.69 Å². The van der Waals surface area contributed by atoms with Crippen molar-refractivity contribution in [3.63, 3.8) is 0 Å². The van der Waals surface area contributed by atoms with Crippen LogP contribution in [0.1, 0.15) is 52.0 Å². The number of hydrogen-bond donors (Lipinski definition) is 2. The maximum atomic E-state index is 12.7. The largest absolute Gasteiger partial charge is 0.464 e. The molecule has 9 nitrogen and oxygen atoms in total. The van der Waals surface area contributed by atoms with Gasteiger partial charge in [-0.25, -0.2) is 9.78 Å². The summed E-state index contributed by atoms with van der Waals surface area (Å²) in [5, 5.41) is 12.1. The fraction of sp³-hybridized carbons (Fsp3) is 0.346. The predicted molar refractivity (Wildman–Crippen MR) is 141 cm³/mol. The van der Waals surface area contributed by atoms with E-state index in [9.17, 15) is 14.9 Å². The summed E-state index contributed by atoms with van der Waals surface area (Å²) >= 11 is 1.65. The van der Waals surface area contributed by atoms with Crippen molar-refractivity contribution in [3.8, 4) is 6.07 Å². The number of pyridine rings is 2. The lowest BCUT2D eigenvalue weighted by molar-refractivity contribution is 0.0593. The number of thioether (sulfide) groups is 1. The Morgan fingerprint density at radius 1 is 1.36 bits per heavy atom. The fourth-order valence-electron chi connectivity index (χ4n) is 3.86. The number of nitriles is 1. The third-order valence-corrected chi connectivity index (χ3v) is 7.02. The molecule has 1 saturated heterocycles. The van der Waals surface area contributed by atoms with E-state index in [1.807, 2.05) is 31.2 Å². The van der Waals surface area contributed by atoms with Gasteiger partial charge in [0.1, 0.15) is 17.3 Å². The number of anilines is 1. The van der Waals surface area contributed by atoms with Gasteiger partial charge in [-0.2, -0.15) is 5.26 Å². The second-order valence-corrected chi connectivity index (χ2v) is 9.57. The molecule has 3 N–H and O–H groups in total. The van der Waals surface area contributed by atoms with E-state index in [4.69, 9.17) is 5.73 Å². The van der Waals surface area contributed by atoms with Crippen molar-refractivity contribution < 1.29 is 14.3 Å². The van der Waals surface area contributed by atoms with Gasteiger partial charge in [-0.3, -0.25) is 14.7 Å². The number of ether oxygens (including phenoxy) is 1. The quantitative estimate of drug-likeness (QED) is 0.490. The van der Waals surface area contributed by atoms with Crippen LogP contribution in [0.5, 0.6) is 0 Å². The molecule has 0 aromatic carbocycles. The minimum absolute atomic E-state index is 0.00902. The van der Waals surface area contributed by atoms with E-state index in [1.165, 1.54) is 18.1 Å². The molecule has 10 heteroatoms. The number of carbonyl (C=O) groups excluding carboxylic acids is 2. The average molecular weight is 507 g/mol. The van der Waals surface area contributed by atoms with Crippen molar-refractivity contribution in [1.82, 2.24) is 20.2 Å². The molecule has 1 fully saturated rings. The number of likely N-dealkylation sites (tertiary alicyclic amines) is 1. The summed E-state index contributed by atoms with van der Waals surface area (Å²) in [6.07, 6.45) is 5.77. The average Bonchev–Trinajstić information content (AvgIpc) is 2.91. The molecule has 1 amide bonds. The number of nitrogen functional groups attached to an aromatic ring is 1. The number of nitrogens with zero attached hydrogens (tertiary/aromatic N) is 4. The normalized spacial score (nSPS) is 14.6. The van der Waals surface area contributed by atoms with Gasteiger partial charge in [-0.1, -0.05) is 30.5 Å². The fourth-order valence-corrected chi connectivity index (χ4v) is 4.77. The third kappa shape index (κ3) is 6.93. The molecule has 0 saturated carbocycles. The Morgan fingerprint density at radius 2 is 2.11 bits per heavy atom. The summed E-state index contributed by atoms with van der Waals surface area (Å²) in [7, 11) is 1.18. The number of rotatable bonds is 9. The number of hydrogen-bond acceptors (Lipinski definition) is 9. The first-order valence-corrected chi connectivity index (χ1v) is 12.4. The van der Waals surface area contributed by atoms with Crippen LogP contribution >= 0.6 is 11.8 Å². The Bertz CT molecular complexity index is 1180. The van der Waals surface area contributed by atoms with Crippen LogP contribution in [0.3, 0.4) is 0 Å². The maximum absolute atomic E-state index is 12.7. The molecular formula is C26H30N6O3S. The second-order valence-electron chi connectivity index (χ2n) is 8.35. The van der Waals surface area contributed by atoms with Gasteiger partial charge in [-0.15, -0.1) is 0 Å². The topological polar surface area (TPSA) is 134 Å². The number of carbonyl (C=O) groups is 2. The standard InChI is InChI=1S/C26H30N6O3S/c1-4-19(36-17(2)22-7-5-6-10-29-22)16-32-11-8-18(9-12-32)15-30-25(33)23-13-21(28)20(14-27)24(31-23)26(34)35-3/h4-7,10,13,18H,2,8-9,11-12,15-16H2,1,3H3,(H2,28,31)(H,30,33)/b19-4-. The van der Waals surface area contributed by atoms with Crippen LogP contribution in [0.2, 0.25) is 0 Å². The van der Waals surface area contributed by atoms with Crippen LogP contribution in [-0.4, -0.2) is 60.0 Å². The third-order valence-electron chi connectivity index (χ3n) is 5.94. The molecular weight excluding hydrogens is 476 g/mol. The van der Waals surface area contributed by atoms with Crippen molar-refractivity contribution in [2.45, 2.75) is 19.8 Å². The molecule has 0 atom stereocenters. The molecule has 3 heterocycles. The maximum Gasteiger partial charge on any atom is 0.358 e. The van der Waals surface area contributed by atoms with Crippen LogP contribution in [0.4, 0.5) is 5.69 Å². The first-order valence-electron chi connectivity index (χ1n) is 11.6. The minimum Gasteiger partial charge on any atom is -0.464 e. The number of esters is 1. The number of piperidine rings is 1. The van der Waals surface area contributed by atoms with Crippen molar-refractivity contribution in [2.24, 2.45) is 5.92 Å². The molecule has 36 heavy (non-hydrogen) atoms. The van der Waals surface area contributed by atoms with Crippen LogP contribution in [0.15, 0.2) is 48.0 Å². The molecule has 2 aromatic heterocycles. The summed E-state index contributed by atoms with van der Waals surface area (Å²) in [6, 6.07) is 8.94. The zero-order valence-corrected chi connectivity index (χ0v) is 21.3. The smallest absolute Gasteiger partial charge is 0.358 e. The molecule has 2 aromatic rings. The summed E-state index contributed by atoms with van der Waals surface area (Å²) in [5.74, 6) is -0.937. The second kappa shape index (κ2) is 12.9. The van der Waals surface area contributed by atoms with E-state index in [-0.39, 0.29) is 22.6 Å². The van der Waals surface area contributed by atoms with Crippen molar-refractivity contribution in [1.29, 1.82) is 5.26 Å². The predicted octanol–water partition coefficient (Wildman–Crippen LogP) is 3.47. The van der Waals surface area contributed by atoms with Crippen molar-refractivity contribution >= 4 is 34.2 Å². The molecule has 0 aliphatic carbocycles. The Labute approximate surface area is 215 Å². The zero-order valence-electron chi connectivity index (χ0n) is 20.5. The molecule has 0 spiro atoms. The highest BCUT2D eigenvalue weighted by Crippen LogP contribution is 2.32. The lowest BCUT2D eigenvalue weighted by Gasteiger charge is -2.32. The van der Waals surface area contributed by atoms with Gasteiger partial charge in [0.2, 0.25) is 0 Å². The molecule has 3 rings (SSSR count). The van der Waals surface area contributed by atoms with Gasteiger partial charge in [0, 0.05) is 24.2 Å². The van der Waals surface area contributed by atoms with E-state index in [0.29, 0.717) is 12.5 Å². The monoisotopic (exact) mass is 506 g/mol. The summed E-state index contributed by atoms with van der Waals surface area (Å²) in [4.78, 5) is 37.6. The number of allylic oxidation sites excluding steroid dienone is 1. The molecule has 1 aliphatic rings. The van der Waals surface area contributed by atoms with Crippen LogP contribution in [0, 0.1) is 17.2 Å². The molecule has 1 aliphatic heterocycles. The van der Waals surface area contributed by atoms with Gasteiger partial charge < -0.3 is 15.8 Å². The van der Waals surface area contributed by atoms with E-state index in [2.05, 4.69) is 37.6 Å². The number of amides is 1. The Hall–Kier alpha value is -3.68. The molecule has 0 unspecified atom stereocenters. The number of aromatic nitrogens is 2. The van der Waals surface area contributed by atoms with Gasteiger partial charge in [-0.05, 0) is 61.9 Å². The van der Waals surface area contributed by atoms with E-state index >= 15 is 0 Å². The van der Waals surface area contributed by atoms with E-state index in [1.54, 1.807) is 18.0 Å². The Balaban J connectivity index is 1.49. The van der Waals surface area contributed by atoms with Gasteiger partial charge in [0.05, 0.1) is 18.5 Å². The van der Waals surface area contributed by atoms with E-state index in [0.717, 1.165) is 43.1 Å². The van der Waals surface area contributed by atoms with Crippen LogP contribution < -0.4 is 11.1 Å². The molecule has 0 radical (unpaired) electrons. The highest BCUT2D eigenvalue weighted by atomic mass is 32.2. The molecule has 0 bridgehead atoms. The SMILES string of the molecule is C=C(S/C(=C\C)CN1CCC(CNC(=O)c2cc(N)c(C#N)c(C(=O)OC)n2)CC1)c1ccccn1. The Kier molecular flexibility index (Phi) is 9.61. The number of methoxy groups -OCH3 is 1. The highest BCUT2D eigenvalue weighted by Gasteiger charge is 2.23. The summed E-state index contributed by atoms with van der Waals surface area (Å²) < 4.78 is 4.65. The number of nitrogens with two attached hydrogens (primary N) is 1. The lowest BCUT2D eigenvalue weighted by atomic mass is 9.96. The first kappa shape index (κ1) is 26.9. The van der Waals surface area contributed by atoms with Crippen LogP contribution in [0.25, 0.3) is 4.91 Å². The van der Waals surface area contributed by atoms with E-state index < -0.39 is 11.9 Å². The van der Waals surface area contributed by atoms with Crippen LogP contribution in [-0.2, 0) is 4.74 Å². The van der Waals surface area contributed by atoms with Gasteiger partial charge >= 0.3 is 5.97 Å². The summed E-state index contributed by atoms with van der Waals surface area (Å²) in [6.45, 7) is 9.37. The lowest BCUT2D eigenvalue weighted by Crippen LogP contribution is -2.39. The highest BCUT2D eigenvalue weighted by molar-refractivity contribution is 8.11. The molecule has 188 valence electrons. The van der Waals surface area contributed by atoms with Gasteiger partial charge in [0.25, 0.3) is 5.91 Å². The van der Waals surface area contributed by atoms with Crippen molar-refractivity contribution in [2.75, 3.05) is 39.0 Å². The zero-order chi connectivity index (χ0) is 26.1. The Morgan fingerprint density at radius 3 is 2.72 bits per heavy atom.